The van der Waals surface area contributed by atoms with Gasteiger partial charge in [0.2, 0.25) is 0 Å². The molecule has 0 radical (unpaired) electrons. The number of aromatic nitrogens is 1. The number of hydrogen-bond donors (Lipinski definition) is 0. The van der Waals surface area contributed by atoms with Gasteiger partial charge in [-0.15, -0.1) is 11.3 Å². The molecule has 1 aromatic carbocycles. The summed E-state index contributed by atoms with van der Waals surface area (Å²) in [5.41, 5.74) is 2.51. The van der Waals surface area contributed by atoms with E-state index in [1.807, 2.05) is 18.4 Å². The molecular formula is C17H14F3NS. The number of rotatable bonds is 2. The number of allylic oxidation sites excluding steroid dienone is 4. The van der Waals surface area contributed by atoms with E-state index in [9.17, 15) is 13.2 Å². The number of benzene rings is 1. The van der Waals surface area contributed by atoms with Crippen molar-refractivity contribution in [2.75, 3.05) is 0 Å². The Morgan fingerprint density at radius 3 is 2.68 bits per heavy atom. The van der Waals surface area contributed by atoms with Crippen molar-refractivity contribution in [1.29, 1.82) is 0 Å². The standard InChI is InChI=1S/C17H14F3NS/c1-11-6-2-3-7-12(11)15-10-22-16(21-15)13-8-4-5-9-14(13)17(18,19)20/h3-5,7-10H,2,6H2,1H3. The van der Waals surface area contributed by atoms with Crippen LogP contribution in [0.1, 0.15) is 31.0 Å². The van der Waals surface area contributed by atoms with Crippen molar-refractivity contribution in [3.8, 4) is 10.6 Å². The normalized spacial score (nSPS) is 15.5. The van der Waals surface area contributed by atoms with Crippen LogP contribution in [0.5, 0.6) is 0 Å². The highest BCUT2D eigenvalue weighted by molar-refractivity contribution is 7.13. The Morgan fingerprint density at radius 2 is 1.95 bits per heavy atom. The molecule has 1 aliphatic rings. The summed E-state index contributed by atoms with van der Waals surface area (Å²) >= 11 is 1.25. The van der Waals surface area contributed by atoms with E-state index in [0.717, 1.165) is 30.2 Å². The molecule has 1 nitrogen and oxygen atoms in total. The van der Waals surface area contributed by atoms with Gasteiger partial charge in [0.15, 0.2) is 0 Å². The molecule has 0 saturated carbocycles. The minimum atomic E-state index is -4.37. The second-order valence-electron chi connectivity index (χ2n) is 5.22. The maximum atomic E-state index is 13.1. The van der Waals surface area contributed by atoms with Gasteiger partial charge in [-0.3, -0.25) is 0 Å². The van der Waals surface area contributed by atoms with Crippen molar-refractivity contribution in [2.24, 2.45) is 0 Å². The van der Waals surface area contributed by atoms with E-state index < -0.39 is 11.7 Å². The first-order chi connectivity index (χ1) is 10.5. The first-order valence-electron chi connectivity index (χ1n) is 6.95. The number of thiazole rings is 1. The molecule has 0 saturated heterocycles. The van der Waals surface area contributed by atoms with Crippen molar-refractivity contribution in [2.45, 2.75) is 25.9 Å². The topological polar surface area (TPSA) is 12.9 Å². The summed E-state index contributed by atoms with van der Waals surface area (Å²) in [4.78, 5) is 4.44. The molecule has 0 spiro atoms. The lowest BCUT2D eigenvalue weighted by molar-refractivity contribution is -0.137. The third-order valence-corrected chi connectivity index (χ3v) is 4.55. The van der Waals surface area contributed by atoms with Gasteiger partial charge in [-0.05, 0) is 31.4 Å². The van der Waals surface area contributed by atoms with Gasteiger partial charge >= 0.3 is 6.18 Å². The highest BCUT2D eigenvalue weighted by atomic mass is 32.1. The van der Waals surface area contributed by atoms with Crippen LogP contribution in [0.15, 0.2) is 47.4 Å². The summed E-state index contributed by atoms with van der Waals surface area (Å²) in [7, 11) is 0. The van der Waals surface area contributed by atoms with Crippen LogP contribution in [0, 0.1) is 0 Å². The van der Waals surface area contributed by atoms with Crippen LogP contribution >= 0.6 is 11.3 Å². The van der Waals surface area contributed by atoms with Crippen LogP contribution in [-0.2, 0) is 6.18 Å². The summed E-state index contributed by atoms with van der Waals surface area (Å²) in [5, 5.41) is 2.24. The summed E-state index contributed by atoms with van der Waals surface area (Å²) in [6, 6.07) is 5.58. The van der Waals surface area contributed by atoms with Crippen molar-refractivity contribution < 1.29 is 13.2 Å². The van der Waals surface area contributed by atoms with E-state index in [4.69, 9.17) is 0 Å². The van der Waals surface area contributed by atoms with Crippen LogP contribution in [-0.4, -0.2) is 4.98 Å². The van der Waals surface area contributed by atoms with E-state index in [1.165, 1.54) is 29.0 Å². The molecule has 114 valence electrons. The molecule has 0 fully saturated rings. The predicted octanol–water partition coefficient (Wildman–Crippen LogP) is 5.95. The highest BCUT2D eigenvalue weighted by Crippen LogP contribution is 2.39. The number of alkyl halides is 3. The van der Waals surface area contributed by atoms with Gasteiger partial charge in [-0.1, -0.05) is 35.9 Å². The molecule has 0 unspecified atom stereocenters. The Labute approximate surface area is 130 Å². The van der Waals surface area contributed by atoms with Gasteiger partial charge in [0, 0.05) is 10.9 Å². The highest BCUT2D eigenvalue weighted by Gasteiger charge is 2.34. The minimum absolute atomic E-state index is 0.143. The fourth-order valence-electron chi connectivity index (χ4n) is 2.52. The van der Waals surface area contributed by atoms with Crippen molar-refractivity contribution >= 4 is 16.9 Å². The van der Waals surface area contributed by atoms with Gasteiger partial charge in [0.05, 0.1) is 11.3 Å². The van der Waals surface area contributed by atoms with E-state index in [1.54, 1.807) is 6.07 Å². The molecule has 1 heterocycles. The van der Waals surface area contributed by atoms with Crippen LogP contribution in [0.4, 0.5) is 13.2 Å². The lowest BCUT2D eigenvalue weighted by atomic mass is 9.97. The molecule has 2 aromatic rings. The molecule has 5 heteroatoms. The first-order valence-corrected chi connectivity index (χ1v) is 7.83. The molecular weight excluding hydrogens is 307 g/mol. The molecule has 0 amide bonds. The Morgan fingerprint density at radius 1 is 1.18 bits per heavy atom. The molecule has 0 aliphatic heterocycles. The molecule has 0 atom stereocenters. The maximum Gasteiger partial charge on any atom is 0.417 e. The molecule has 0 N–H and O–H groups in total. The van der Waals surface area contributed by atoms with E-state index in [-0.39, 0.29) is 5.56 Å². The lowest BCUT2D eigenvalue weighted by Crippen LogP contribution is -2.06. The molecule has 1 aliphatic carbocycles. The Balaban J connectivity index is 2.04. The number of halogens is 3. The summed E-state index contributed by atoms with van der Waals surface area (Å²) < 4.78 is 39.3. The van der Waals surface area contributed by atoms with Gasteiger partial charge in [-0.25, -0.2) is 4.98 Å². The molecule has 1 aromatic heterocycles. The van der Waals surface area contributed by atoms with E-state index >= 15 is 0 Å². The molecule has 22 heavy (non-hydrogen) atoms. The fourth-order valence-corrected chi connectivity index (χ4v) is 3.38. The monoisotopic (exact) mass is 321 g/mol. The first kappa shape index (κ1) is 15.0. The zero-order chi connectivity index (χ0) is 15.7. The third kappa shape index (κ3) is 2.86. The van der Waals surface area contributed by atoms with E-state index in [2.05, 4.69) is 11.1 Å². The maximum absolute atomic E-state index is 13.1. The number of hydrogen-bond acceptors (Lipinski definition) is 2. The van der Waals surface area contributed by atoms with Crippen LogP contribution < -0.4 is 0 Å². The second kappa shape index (κ2) is 5.72. The van der Waals surface area contributed by atoms with Crippen LogP contribution in [0.3, 0.4) is 0 Å². The van der Waals surface area contributed by atoms with Gasteiger partial charge in [0.25, 0.3) is 0 Å². The quantitative estimate of drug-likeness (QED) is 0.666. The van der Waals surface area contributed by atoms with Crippen molar-refractivity contribution in [1.82, 2.24) is 4.98 Å². The van der Waals surface area contributed by atoms with Gasteiger partial charge in [-0.2, -0.15) is 13.2 Å². The Bertz CT molecular complexity index is 753. The summed E-state index contributed by atoms with van der Waals surface area (Å²) in [6.45, 7) is 2.04. The molecule has 3 rings (SSSR count). The molecule has 0 bridgehead atoms. The third-order valence-electron chi connectivity index (χ3n) is 3.67. The van der Waals surface area contributed by atoms with Crippen molar-refractivity contribution in [3.63, 3.8) is 0 Å². The Kier molecular flexibility index (Phi) is 3.91. The lowest BCUT2D eigenvalue weighted by Gasteiger charge is -2.11. The number of nitrogens with zero attached hydrogens (tertiary/aromatic N) is 1. The minimum Gasteiger partial charge on any atom is -0.236 e. The van der Waals surface area contributed by atoms with Gasteiger partial charge < -0.3 is 0 Å². The average Bonchev–Trinajstić information content (AvgIpc) is 2.96. The van der Waals surface area contributed by atoms with Crippen LogP contribution in [0.25, 0.3) is 16.1 Å². The Hall–Kier alpha value is -1.88. The smallest absolute Gasteiger partial charge is 0.236 e. The summed E-state index contributed by atoms with van der Waals surface area (Å²) in [6.07, 6.45) is 1.68. The average molecular weight is 321 g/mol. The van der Waals surface area contributed by atoms with Crippen LogP contribution in [0.2, 0.25) is 0 Å². The predicted molar refractivity (Wildman–Crippen MR) is 83.5 cm³/mol. The second-order valence-corrected chi connectivity index (χ2v) is 6.07. The zero-order valence-corrected chi connectivity index (χ0v) is 12.8. The van der Waals surface area contributed by atoms with E-state index in [0.29, 0.717) is 5.01 Å². The van der Waals surface area contributed by atoms with Gasteiger partial charge in [0.1, 0.15) is 5.01 Å². The zero-order valence-electron chi connectivity index (χ0n) is 11.9. The SMILES string of the molecule is CC1=C(c2csc(-c3ccccc3C(F)(F)F)n2)C=CCC1. The van der Waals surface area contributed by atoms with Crippen molar-refractivity contribution in [3.05, 3.63) is 58.6 Å². The summed E-state index contributed by atoms with van der Waals surface area (Å²) in [5.74, 6) is 0. The largest absolute Gasteiger partial charge is 0.417 e. The fraction of sp³-hybridized carbons (Fsp3) is 0.235.